The van der Waals surface area contributed by atoms with E-state index in [0.717, 1.165) is 30.4 Å². The summed E-state index contributed by atoms with van der Waals surface area (Å²) in [7, 11) is 0. The minimum absolute atomic E-state index is 0.0653. The molecule has 7 rings (SSSR count). The zero-order chi connectivity index (χ0) is 22.8. The molecular formula is C25H32F2N2O3. The lowest BCUT2D eigenvalue weighted by molar-refractivity contribution is -0.215. The average Bonchev–Trinajstić information content (AvgIpc) is 2.62. The minimum atomic E-state index is -2.92. The largest absolute Gasteiger partial charge is 0.491 e. The maximum Gasteiger partial charge on any atom is 0.255 e. The van der Waals surface area contributed by atoms with Gasteiger partial charge in [-0.3, -0.25) is 9.59 Å². The number of fused-ring (bicyclic) bond motifs is 3. The summed E-state index contributed by atoms with van der Waals surface area (Å²) in [6.07, 6.45) is 3.07. The molecule has 0 unspecified atom stereocenters. The molecule has 0 aromatic heterocycles. The van der Waals surface area contributed by atoms with E-state index in [9.17, 15) is 18.4 Å². The fourth-order valence-corrected chi connectivity index (χ4v) is 6.42. The Morgan fingerprint density at radius 1 is 1.12 bits per heavy atom. The molecule has 32 heavy (non-hydrogen) atoms. The molecule has 0 radical (unpaired) electrons. The molecule has 4 bridgehead atoms. The van der Waals surface area contributed by atoms with Gasteiger partial charge in [-0.25, -0.2) is 8.78 Å². The number of piperidine rings is 2. The van der Waals surface area contributed by atoms with Crippen molar-refractivity contribution < 1.29 is 23.1 Å². The van der Waals surface area contributed by atoms with Crippen LogP contribution in [-0.4, -0.2) is 47.4 Å². The maximum absolute atomic E-state index is 14.8. The molecule has 2 amide bonds. The van der Waals surface area contributed by atoms with E-state index in [2.05, 4.69) is 5.32 Å². The predicted octanol–water partition coefficient (Wildman–Crippen LogP) is 4.00. The highest BCUT2D eigenvalue weighted by atomic mass is 19.3. The van der Waals surface area contributed by atoms with Crippen LogP contribution in [0.5, 0.6) is 5.75 Å². The van der Waals surface area contributed by atoms with Crippen molar-refractivity contribution in [3.63, 3.8) is 0 Å². The van der Waals surface area contributed by atoms with Crippen molar-refractivity contribution in [1.82, 2.24) is 10.2 Å². The van der Waals surface area contributed by atoms with Crippen molar-refractivity contribution in [2.45, 2.75) is 83.3 Å². The molecule has 4 atom stereocenters. The fourth-order valence-electron chi connectivity index (χ4n) is 6.42. The lowest BCUT2D eigenvalue weighted by Gasteiger charge is -2.64. The first-order valence-corrected chi connectivity index (χ1v) is 11.8. The van der Waals surface area contributed by atoms with E-state index in [1.807, 2.05) is 32.0 Å². The van der Waals surface area contributed by atoms with Gasteiger partial charge in [-0.1, -0.05) is 6.07 Å². The Hall–Kier alpha value is -2.18. The van der Waals surface area contributed by atoms with E-state index in [4.69, 9.17) is 4.74 Å². The predicted molar refractivity (Wildman–Crippen MR) is 115 cm³/mol. The van der Waals surface area contributed by atoms with Gasteiger partial charge in [0.05, 0.1) is 17.4 Å². The van der Waals surface area contributed by atoms with Crippen molar-refractivity contribution in [2.75, 3.05) is 6.61 Å². The van der Waals surface area contributed by atoms with Crippen molar-refractivity contribution in [2.24, 2.45) is 17.3 Å². The molecule has 4 saturated carbocycles. The van der Waals surface area contributed by atoms with E-state index in [1.54, 1.807) is 11.8 Å². The molecule has 6 fully saturated rings. The van der Waals surface area contributed by atoms with Crippen LogP contribution in [0.25, 0.3) is 0 Å². The number of ether oxygens (including phenoxy) is 1. The SMILES string of the molecule is Cc1cc(C)cc(OC[C@H](C)NC(=O)[C@H]2[C@@H]3CC[C@H](CC3(F)F)N2C(=O)C23CC(C2)C3)c1. The van der Waals surface area contributed by atoms with Gasteiger partial charge >= 0.3 is 0 Å². The molecular weight excluding hydrogens is 414 g/mol. The number of amides is 2. The molecule has 5 nitrogen and oxygen atoms in total. The van der Waals surface area contributed by atoms with E-state index in [1.165, 1.54) is 0 Å². The number of nitrogens with one attached hydrogen (secondary N) is 1. The van der Waals surface area contributed by atoms with Crippen molar-refractivity contribution >= 4 is 11.8 Å². The van der Waals surface area contributed by atoms with Crippen LogP contribution in [0.15, 0.2) is 18.2 Å². The Bertz CT molecular complexity index is 912. The van der Waals surface area contributed by atoms with Crippen LogP contribution in [0.2, 0.25) is 0 Å². The second-order valence-corrected chi connectivity index (χ2v) is 10.8. The van der Waals surface area contributed by atoms with Crippen LogP contribution >= 0.6 is 0 Å². The number of nitrogens with zero attached hydrogens (tertiary/aromatic N) is 1. The summed E-state index contributed by atoms with van der Waals surface area (Å²) < 4.78 is 35.4. The number of halogens is 2. The monoisotopic (exact) mass is 446 g/mol. The first-order valence-electron chi connectivity index (χ1n) is 11.8. The zero-order valence-corrected chi connectivity index (χ0v) is 19.0. The molecule has 4 aliphatic carbocycles. The van der Waals surface area contributed by atoms with Gasteiger partial charge in [0.25, 0.3) is 5.92 Å². The minimum Gasteiger partial charge on any atom is -0.491 e. The third kappa shape index (κ3) is 3.48. The summed E-state index contributed by atoms with van der Waals surface area (Å²) in [6, 6.07) is 3.88. The van der Waals surface area contributed by atoms with Gasteiger partial charge in [-0.15, -0.1) is 0 Å². The van der Waals surface area contributed by atoms with Crippen LogP contribution in [0.4, 0.5) is 8.78 Å². The Labute approximate surface area is 187 Å². The highest BCUT2D eigenvalue weighted by Gasteiger charge is 2.67. The van der Waals surface area contributed by atoms with Gasteiger partial charge in [-0.05, 0) is 82.1 Å². The van der Waals surface area contributed by atoms with Gasteiger partial charge in [0, 0.05) is 12.5 Å². The Kier molecular flexibility index (Phi) is 5.02. The topological polar surface area (TPSA) is 58.6 Å². The Morgan fingerprint density at radius 2 is 1.78 bits per heavy atom. The molecule has 1 N–H and O–H groups in total. The first-order chi connectivity index (χ1) is 15.1. The number of carbonyl (C=O) groups is 2. The number of alkyl halides is 2. The highest BCUT2D eigenvalue weighted by Crippen LogP contribution is 2.66. The zero-order valence-electron chi connectivity index (χ0n) is 19.0. The van der Waals surface area contributed by atoms with E-state index in [-0.39, 0.29) is 36.8 Å². The molecule has 0 spiro atoms. The lowest BCUT2D eigenvalue weighted by Crippen LogP contribution is -2.73. The smallest absolute Gasteiger partial charge is 0.255 e. The fraction of sp³-hybridized carbons (Fsp3) is 0.680. The van der Waals surface area contributed by atoms with Gasteiger partial charge in [0.1, 0.15) is 18.4 Å². The van der Waals surface area contributed by atoms with E-state index in [0.29, 0.717) is 18.1 Å². The Morgan fingerprint density at radius 3 is 2.34 bits per heavy atom. The summed E-state index contributed by atoms with van der Waals surface area (Å²) in [5, 5.41) is 2.87. The number of carbonyl (C=O) groups excluding carboxylic acids is 2. The summed E-state index contributed by atoms with van der Waals surface area (Å²) in [5.41, 5.74) is 1.79. The van der Waals surface area contributed by atoms with E-state index < -0.39 is 29.8 Å². The van der Waals surface area contributed by atoms with Gasteiger partial charge < -0.3 is 15.0 Å². The quantitative estimate of drug-likeness (QED) is 0.719. The standard InChI is InChI=1S/C25H32F2N2O3/c1-14-6-15(2)8-19(7-14)32-13-16(3)28-22(30)21-20-5-4-18(12-25(20,26)27)29(21)23(31)24-9-17(10-24)11-24/h6-8,16-18,20-21H,4-5,9-13H2,1-3H3,(H,28,30)/t16-,17?,18+,20-,21+,24?/m0/s1. The third-order valence-electron chi connectivity index (χ3n) is 8.01. The molecule has 1 aromatic carbocycles. The number of rotatable bonds is 6. The van der Waals surface area contributed by atoms with Crippen LogP contribution in [0, 0.1) is 31.1 Å². The normalized spacial score (nSPS) is 34.8. The molecule has 2 aliphatic heterocycles. The molecule has 7 heteroatoms. The summed E-state index contributed by atoms with van der Waals surface area (Å²) >= 11 is 0. The first kappa shape index (κ1) is 21.7. The maximum atomic E-state index is 14.8. The van der Waals surface area contributed by atoms with E-state index >= 15 is 0 Å². The molecule has 2 saturated heterocycles. The van der Waals surface area contributed by atoms with Gasteiger partial charge in [0.2, 0.25) is 11.8 Å². The number of hydrogen-bond donors (Lipinski definition) is 1. The third-order valence-corrected chi connectivity index (χ3v) is 8.01. The molecule has 6 aliphatic rings. The number of hydrogen-bond acceptors (Lipinski definition) is 3. The number of aryl methyl sites for hydroxylation is 2. The molecule has 174 valence electrons. The van der Waals surface area contributed by atoms with Crippen molar-refractivity contribution in [3.8, 4) is 5.75 Å². The lowest BCUT2D eigenvalue weighted by atomic mass is 9.43. The summed E-state index contributed by atoms with van der Waals surface area (Å²) in [4.78, 5) is 28.2. The van der Waals surface area contributed by atoms with Crippen LogP contribution in [0.1, 0.15) is 56.6 Å². The Balaban J connectivity index is 1.29. The van der Waals surface area contributed by atoms with Crippen molar-refractivity contribution in [1.29, 1.82) is 0 Å². The van der Waals surface area contributed by atoms with Gasteiger partial charge in [0.15, 0.2) is 0 Å². The van der Waals surface area contributed by atoms with Crippen LogP contribution < -0.4 is 10.1 Å². The van der Waals surface area contributed by atoms with Crippen LogP contribution in [-0.2, 0) is 9.59 Å². The number of benzene rings is 1. The van der Waals surface area contributed by atoms with Crippen molar-refractivity contribution in [3.05, 3.63) is 29.3 Å². The molecule has 2 heterocycles. The highest BCUT2D eigenvalue weighted by molar-refractivity contribution is 5.93. The average molecular weight is 447 g/mol. The second kappa shape index (κ2) is 7.42. The van der Waals surface area contributed by atoms with Crippen LogP contribution in [0.3, 0.4) is 0 Å². The molecule has 1 aromatic rings. The van der Waals surface area contributed by atoms with Gasteiger partial charge in [-0.2, -0.15) is 0 Å². The second-order valence-electron chi connectivity index (χ2n) is 10.8. The summed E-state index contributed by atoms with van der Waals surface area (Å²) in [5.74, 6) is -3.25. The summed E-state index contributed by atoms with van der Waals surface area (Å²) in [6.45, 7) is 6.00.